The molecule has 0 saturated carbocycles. The third-order valence-electron chi connectivity index (χ3n) is 13.0. The molecule has 0 saturated heterocycles. The first-order valence-corrected chi connectivity index (χ1v) is 21.6. The maximum atomic E-state index is 7.02. The Morgan fingerprint density at radius 3 is 1.68 bits per heavy atom. The summed E-state index contributed by atoms with van der Waals surface area (Å²) < 4.78 is 9.41. The van der Waals surface area contributed by atoms with Crippen LogP contribution in [0.4, 0.5) is 17.1 Å². The van der Waals surface area contributed by atoms with Crippen LogP contribution in [0.2, 0.25) is 0 Å². The Bertz CT molecular complexity index is 3870. The van der Waals surface area contributed by atoms with Gasteiger partial charge in [-0.2, -0.15) is 0 Å². The summed E-state index contributed by atoms with van der Waals surface area (Å²) in [7, 11) is 0. The first-order valence-electron chi connectivity index (χ1n) is 21.6. The molecule has 3 nitrogen and oxygen atoms in total. The second-order valence-electron chi connectivity index (χ2n) is 16.5. The highest BCUT2D eigenvalue weighted by Crippen LogP contribution is 2.47. The van der Waals surface area contributed by atoms with Gasteiger partial charge in [-0.25, -0.2) is 0 Å². The lowest BCUT2D eigenvalue weighted by Crippen LogP contribution is -2.11. The quantitative estimate of drug-likeness (QED) is 0.156. The van der Waals surface area contributed by atoms with Gasteiger partial charge in [0, 0.05) is 43.9 Å². The molecule has 0 aliphatic heterocycles. The minimum absolute atomic E-state index is 0.853. The van der Waals surface area contributed by atoms with Crippen LogP contribution in [0.15, 0.2) is 235 Å². The third kappa shape index (κ3) is 5.60. The van der Waals surface area contributed by atoms with E-state index in [1.54, 1.807) is 0 Å². The molecule has 0 aliphatic carbocycles. The second kappa shape index (κ2) is 14.1. The lowest BCUT2D eigenvalue weighted by atomic mass is 9.96. The van der Waals surface area contributed by atoms with Crippen molar-refractivity contribution in [1.82, 2.24) is 4.57 Å². The van der Waals surface area contributed by atoms with E-state index < -0.39 is 0 Å². The van der Waals surface area contributed by atoms with Crippen molar-refractivity contribution in [2.45, 2.75) is 0 Å². The van der Waals surface area contributed by atoms with E-state index in [1.807, 2.05) is 0 Å². The second-order valence-corrected chi connectivity index (χ2v) is 16.5. The van der Waals surface area contributed by atoms with Gasteiger partial charge in [0.2, 0.25) is 0 Å². The summed E-state index contributed by atoms with van der Waals surface area (Å²) in [6.45, 7) is 0. The maximum absolute atomic E-state index is 7.02. The Hall–Kier alpha value is -8.40. The van der Waals surface area contributed by atoms with Crippen LogP contribution in [0, 0.1) is 0 Å². The van der Waals surface area contributed by atoms with E-state index >= 15 is 0 Å². The molecule has 2 heterocycles. The highest BCUT2D eigenvalue weighted by molar-refractivity contribution is 6.18. The molecule has 11 aromatic carbocycles. The minimum atomic E-state index is 0.853. The maximum Gasteiger partial charge on any atom is 0.159 e. The van der Waals surface area contributed by atoms with Crippen molar-refractivity contribution in [2.24, 2.45) is 0 Å². The summed E-state index contributed by atoms with van der Waals surface area (Å²) in [6.07, 6.45) is 0. The summed E-state index contributed by atoms with van der Waals surface area (Å²) in [5, 5.41) is 12.0. The largest absolute Gasteiger partial charge is 0.453 e. The molecule has 0 unspecified atom stereocenters. The van der Waals surface area contributed by atoms with E-state index in [0.29, 0.717) is 0 Å². The van der Waals surface area contributed by atoms with Gasteiger partial charge in [0.25, 0.3) is 0 Å². The number of nitrogens with zero attached hydrogens (tertiary/aromatic N) is 2. The predicted molar refractivity (Wildman–Crippen MR) is 266 cm³/mol. The molecule has 63 heavy (non-hydrogen) atoms. The van der Waals surface area contributed by atoms with Gasteiger partial charge in [0.1, 0.15) is 5.58 Å². The summed E-state index contributed by atoms with van der Waals surface area (Å²) in [6, 6.07) is 83.4. The Morgan fingerprint density at radius 2 is 0.873 bits per heavy atom. The fraction of sp³-hybridized carbons (Fsp3) is 0. The Balaban J connectivity index is 0.984. The van der Waals surface area contributed by atoms with Crippen LogP contribution < -0.4 is 4.90 Å². The molecule has 3 heteroatoms. The van der Waals surface area contributed by atoms with Crippen molar-refractivity contribution >= 4 is 93.1 Å². The number of aromatic nitrogens is 1. The van der Waals surface area contributed by atoms with Crippen molar-refractivity contribution in [1.29, 1.82) is 0 Å². The third-order valence-corrected chi connectivity index (χ3v) is 13.0. The van der Waals surface area contributed by atoms with E-state index in [-0.39, 0.29) is 0 Å². The fourth-order valence-corrected chi connectivity index (χ4v) is 10.0. The number of rotatable bonds is 6. The van der Waals surface area contributed by atoms with Crippen LogP contribution in [-0.2, 0) is 0 Å². The highest BCUT2D eigenvalue weighted by atomic mass is 16.3. The van der Waals surface area contributed by atoms with Crippen LogP contribution in [0.25, 0.3) is 104 Å². The van der Waals surface area contributed by atoms with Crippen LogP contribution in [0.3, 0.4) is 0 Å². The average Bonchev–Trinajstić information content (AvgIpc) is 3.91. The molecule has 0 N–H and O–H groups in total. The summed E-state index contributed by atoms with van der Waals surface area (Å²) in [5.41, 5.74) is 13.0. The number of hydrogen-bond donors (Lipinski definition) is 0. The monoisotopic (exact) mass is 802 g/mol. The topological polar surface area (TPSA) is 21.3 Å². The van der Waals surface area contributed by atoms with Crippen LogP contribution in [0.1, 0.15) is 0 Å². The number of anilines is 3. The molecule has 0 radical (unpaired) electrons. The Labute approximate surface area is 363 Å². The highest BCUT2D eigenvalue weighted by Gasteiger charge is 2.23. The summed E-state index contributed by atoms with van der Waals surface area (Å²) in [5.74, 6) is 0. The van der Waals surface area contributed by atoms with Gasteiger partial charge in [-0.05, 0) is 104 Å². The number of hydrogen-bond acceptors (Lipinski definition) is 2. The normalized spacial score (nSPS) is 11.8. The van der Waals surface area contributed by atoms with E-state index in [0.717, 1.165) is 77.7 Å². The lowest BCUT2D eigenvalue weighted by molar-refractivity contribution is 0.673. The first-order chi connectivity index (χ1) is 31.2. The molecule has 0 aliphatic rings. The molecule has 0 amide bonds. The number of para-hydroxylation sites is 4. The molecular weight excluding hydrogens is 765 g/mol. The molecule has 0 atom stereocenters. The number of fused-ring (bicyclic) bond motifs is 11. The van der Waals surface area contributed by atoms with Crippen LogP contribution in [-0.4, -0.2) is 4.57 Å². The van der Waals surface area contributed by atoms with E-state index in [2.05, 4.69) is 240 Å². The molecule has 294 valence electrons. The SMILES string of the molecule is c1cc(-c2ccc(N(c3ccccc3-c3ccc4c(ccc5ccccc54)c3)c3cccc4c3oc3c5ccccc5ccc43)cc2)cc(-n2c3ccccc3c3ccccc32)c1. The number of furan rings is 1. The zero-order chi connectivity index (χ0) is 41.4. The van der Waals surface area contributed by atoms with Gasteiger partial charge in [-0.1, -0.05) is 170 Å². The minimum Gasteiger partial charge on any atom is -0.453 e. The molecule has 0 spiro atoms. The molecular formula is C60H38N2O. The smallest absolute Gasteiger partial charge is 0.159 e. The van der Waals surface area contributed by atoms with Crippen LogP contribution >= 0.6 is 0 Å². The van der Waals surface area contributed by atoms with Crippen molar-refractivity contribution in [3.05, 3.63) is 231 Å². The van der Waals surface area contributed by atoms with E-state index in [1.165, 1.54) is 43.4 Å². The van der Waals surface area contributed by atoms with Gasteiger partial charge in [0.15, 0.2) is 5.58 Å². The predicted octanol–water partition coefficient (Wildman–Crippen LogP) is 16.9. The lowest BCUT2D eigenvalue weighted by Gasteiger charge is -2.28. The fourth-order valence-electron chi connectivity index (χ4n) is 10.0. The molecule has 2 aromatic heterocycles. The van der Waals surface area contributed by atoms with E-state index in [9.17, 15) is 0 Å². The molecule has 0 fully saturated rings. The van der Waals surface area contributed by atoms with Crippen molar-refractivity contribution in [2.75, 3.05) is 4.90 Å². The summed E-state index contributed by atoms with van der Waals surface area (Å²) in [4.78, 5) is 2.38. The van der Waals surface area contributed by atoms with Gasteiger partial charge in [0.05, 0.1) is 22.4 Å². The van der Waals surface area contributed by atoms with Gasteiger partial charge < -0.3 is 13.9 Å². The van der Waals surface area contributed by atoms with Gasteiger partial charge in [-0.15, -0.1) is 0 Å². The molecule has 0 bridgehead atoms. The number of benzene rings is 11. The first kappa shape index (κ1) is 35.4. The standard InChI is InChI=1S/C60H38N2O/c1-3-17-47-40(13-1)27-28-43-37-44(32-35-48(43)47)49-18-5-8-23-55(49)61(58-26-12-22-53-54-36-31-41-14-2-4-19-50(41)59(54)63-60(53)58)45-33-29-39(30-34-45)42-15-11-16-46(38-42)62-56-24-9-6-20-51(56)52-21-7-10-25-57(52)62/h1-38H. The van der Waals surface area contributed by atoms with E-state index in [4.69, 9.17) is 4.42 Å². The Morgan fingerprint density at radius 1 is 0.317 bits per heavy atom. The van der Waals surface area contributed by atoms with Crippen molar-refractivity contribution < 1.29 is 4.42 Å². The Kier molecular flexibility index (Phi) is 7.91. The molecule has 13 aromatic rings. The average molecular weight is 803 g/mol. The zero-order valence-corrected chi connectivity index (χ0v) is 34.2. The van der Waals surface area contributed by atoms with Crippen molar-refractivity contribution in [3.63, 3.8) is 0 Å². The summed E-state index contributed by atoms with van der Waals surface area (Å²) >= 11 is 0. The van der Waals surface area contributed by atoms with Gasteiger partial charge >= 0.3 is 0 Å². The zero-order valence-electron chi connectivity index (χ0n) is 34.2. The van der Waals surface area contributed by atoms with Crippen molar-refractivity contribution in [3.8, 4) is 27.9 Å². The molecule has 13 rings (SSSR count). The van der Waals surface area contributed by atoms with Gasteiger partial charge in [-0.3, -0.25) is 0 Å². The van der Waals surface area contributed by atoms with Crippen LogP contribution in [0.5, 0.6) is 0 Å².